The van der Waals surface area contributed by atoms with Gasteiger partial charge in [0.2, 0.25) is 0 Å². The molecule has 1 aliphatic heterocycles. The van der Waals surface area contributed by atoms with E-state index in [4.69, 9.17) is 5.73 Å². The van der Waals surface area contributed by atoms with Crippen molar-refractivity contribution in [3.05, 3.63) is 41.1 Å². The van der Waals surface area contributed by atoms with Crippen LogP contribution in [-0.2, 0) is 10.0 Å². The molecule has 0 fully saturated rings. The Morgan fingerprint density at radius 1 is 1.29 bits per heavy atom. The van der Waals surface area contributed by atoms with Gasteiger partial charge in [-0.05, 0) is 40.2 Å². The number of aromatic nitrogens is 1. The van der Waals surface area contributed by atoms with Crippen molar-refractivity contribution in [3.8, 4) is 0 Å². The topological polar surface area (TPSA) is 76.3 Å². The van der Waals surface area contributed by atoms with Crippen LogP contribution in [0.25, 0.3) is 0 Å². The maximum absolute atomic E-state index is 12.8. The van der Waals surface area contributed by atoms with E-state index in [1.165, 1.54) is 10.5 Å². The highest BCUT2D eigenvalue weighted by atomic mass is 79.9. The van der Waals surface area contributed by atoms with Crippen LogP contribution in [0.15, 0.2) is 50.9 Å². The van der Waals surface area contributed by atoms with Crippen LogP contribution in [0.3, 0.4) is 0 Å². The number of sulfonamides is 1. The van der Waals surface area contributed by atoms with Crippen LogP contribution in [0, 0.1) is 0 Å². The molecule has 0 amide bonds. The number of halogens is 1. The molecule has 0 saturated carbocycles. The summed E-state index contributed by atoms with van der Waals surface area (Å²) in [5.41, 5.74) is 6.98. The van der Waals surface area contributed by atoms with Gasteiger partial charge < -0.3 is 5.73 Å². The first-order valence-corrected chi connectivity index (χ1v) is 9.36. The Hall–Kier alpha value is -1.25. The number of nitrogen functional groups attached to an aromatic ring is 1. The zero-order valence-electron chi connectivity index (χ0n) is 10.9. The van der Waals surface area contributed by atoms with Crippen molar-refractivity contribution < 1.29 is 8.42 Å². The largest absolute Gasteiger partial charge is 0.399 e. The van der Waals surface area contributed by atoms with E-state index < -0.39 is 10.0 Å². The van der Waals surface area contributed by atoms with E-state index in [0.29, 0.717) is 28.1 Å². The van der Waals surface area contributed by atoms with E-state index in [9.17, 15) is 8.42 Å². The lowest BCUT2D eigenvalue weighted by Crippen LogP contribution is -2.35. The van der Waals surface area contributed by atoms with E-state index in [-0.39, 0.29) is 4.90 Å². The molecular formula is C13H12BrN3O2S2. The number of hydrogen-bond acceptors (Lipinski definition) is 5. The summed E-state index contributed by atoms with van der Waals surface area (Å²) in [6.07, 6.45) is 2.91. The van der Waals surface area contributed by atoms with Crippen LogP contribution in [0.4, 0.5) is 11.4 Å². The monoisotopic (exact) mass is 385 g/mol. The van der Waals surface area contributed by atoms with Crippen molar-refractivity contribution in [2.75, 3.05) is 22.3 Å². The third-order valence-corrected chi connectivity index (χ3v) is 6.33. The zero-order valence-corrected chi connectivity index (χ0v) is 14.1. The molecule has 0 spiro atoms. The second-order valence-corrected chi connectivity index (χ2v) is 8.41. The molecular weight excluding hydrogens is 374 g/mol. The minimum Gasteiger partial charge on any atom is -0.399 e. The highest BCUT2D eigenvalue weighted by Gasteiger charge is 2.30. The lowest BCUT2D eigenvalue weighted by molar-refractivity contribution is 0.591. The lowest BCUT2D eigenvalue weighted by Gasteiger charge is -2.30. The molecule has 2 aromatic rings. The molecule has 8 heteroatoms. The maximum atomic E-state index is 12.8. The highest BCUT2D eigenvalue weighted by Crippen LogP contribution is 2.38. The summed E-state index contributed by atoms with van der Waals surface area (Å²) in [5.74, 6) is 0.706. The average molecular weight is 386 g/mol. The molecule has 0 atom stereocenters. The van der Waals surface area contributed by atoms with Gasteiger partial charge in [-0.3, -0.25) is 9.29 Å². The molecule has 21 heavy (non-hydrogen) atoms. The highest BCUT2D eigenvalue weighted by molar-refractivity contribution is 9.10. The number of thioether (sulfide) groups is 1. The Balaban J connectivity index is 2.11. The quantitative estimate of drug-likeness (QED) is 0.804. The normalized spacial score (nSPS) is 14.8. The summed E-state index contributed by atoms with van der Waals surface area (Å²) >= 11 is 4.88. The van der Waals surface area contributed by atoms with Gasteiger partial charge in [-0.2, -0.15) is 0 Å². The van der Waals surface area contributed by atoms with Crippen LogP contribution in [0.5, 0.6) is 0 Å². The fourth-order valence-electron chi connectivity index (χ4n) is 2.12. The predicted octanol–water partition coefficient (Wildman–Crippen LogP) is 2.73. The predicted molar refractivity (Wildman–Crippen MR) is 88.0 cm³/mol. The Morgan fingerprint density at radius 2 is 2.10 bits per heavy atom. The van der Waals surface area contributed by atoms with Gasteiger partial charge in [0.1, 0.15) is 4.90 Å². The minimum atomic E-state index is -3.64. The average Bonchev–Trinajstić information content (AvgIpc) is 2.46. The van der Waals surface area contributed by atoms with Crippen molar-refractivity contribution >= 4 is 49.1 Å². The number of fused-ring (bicyclic) bond motifs is 1. The number of anilines is 2. The molecule has 5 nitrogen and oxygen atoms in total. The summed E-state index contributed by atoms with van der Waals surface area (Å²) in [4.78, 5) is 5.02. The Morgan fingerprint density at radius 3 is 2.86 bits per heavy atom. The molecule has 3 rings (SSSR count). The summed E-state index contributed by atoms with van der Waals surface area (Å²) in [6.45, 7) is 0.413. The fourth-order valence-corrected chi connectivity index (χ4v) is 5.25. The molecule has 0 aliphatic carbocycles. The van der Waals surface area contributed by atoms with Gasteiger partial charge in [0.15, 0.2) is 0 Å². The van der Waals surface area contributed by atoms with Crippen molar-refractivity contribution in [1.82, 2.24) is 4.98 Å². The molecule has 0 bridgehead atoms. The fraction of sp³-hybridized carbons (Fsp3) is 0.154. The molecule has 0 saturated heterocycles. The van der Waals surface area contributed by atoms with E-state index in [1.54, 1.807) is 36.2 Å². The minimum absolute atomic E-state index is 0.164. The molecule has 110 valence electrons. The van der Waals surface area contributed by atoms with E-state index in [2.05, 4.69) is 20.9 Å². The second kappa shape index (κ2) is 5.51. The van der Waals surface area contributed by atoms with Crippen LogP contribution in [0.1, 0.15) is 0 Å². The lowest BCUT2D eigenvalue weighted by atomic mass is 10.3. The van der Waals surface area contributed by atoms with Gasteiger partial charge in [-0.15, -0.1) is 11.8 Å². The first-order valence-electron chi connectivity index (χ1n) is 6.14. The molecule has 2 heterocycles. The summed E-state index contributed by atoms with van der Waals surface area (Å²) in [5, 5.41) is 0. The van der Waals surface area contributed by atoms with Gasteiger partial charge in [-0.1, -0.05) is 0 Å². The van der Waals surface area contributed by atoms with Gasteiger partial charge in [0, 0.05) is 39.7 Å². The van der Waals surface area contributed by atoms with Crippen molar-refractivity contribution in [2.24, 2.45) is 0 Å². The Bertz CT molecular complexity index is 796. The summed E-state index contributed by atoms with van der Waals surface area (Å²) in [6, 6.07) is 6.89. The van der Waals surface area contributed by atoms with Gasteiger partial charge in [-0.25, -0.2) is 8.42 Å². The number of pyridine rings is 1. The summed E-state index contributed by atoms with van der Waals surface area (Å²) in [7, 11) is -3.64. The van der Waals surface area contributed by atoms with Crippen LogP contribution in [-0.4, -0.2) is 25.7 Å². The van der Waals surface area contributed by atoms with Crippen LogP contribution < -0.4 is 10.0 Å². The SMILES string of the molecule is Nc1ccc2c(c1)N(S(=O)(=O)c1cncc(Br)c1)CCS2. The maximum Gasteiger partial charge on any atom is 0.265 e. The van der Waals surface area contributed by atoms with Crippen molar-refractivity contribution in [3.63, 3.8) is 0 Å². The van der Waals surface area contributed by atoms with Gasteiger partial charge >= 0.3 is 0 Å². The van der Waals surface area contributed by atoms with Crippen molar-refractivity contribution in [2.45, 2.75) is 9.79 Å². The second-order valence-electron chi connectivity index (χ2n) is 4.49. The molecule has 1 aromatic carbocycles. The Labute approximate surface area is 135 Å². The van der Waals surface area contributed by atoms with Crippen molar-refractivity contribution in [1.29, 1.82) is 0 Å². The first-order chi connectivity index (χ1) is 9.98. The third-order valence-electron chi connectivity index (χ3n) is 3.07. The molecule has 0 radical (unpaired) electrons. The zero-order chi connectivity index (χ0) is 15.0. The number of nitrogens with zero attached hydrogens (tertiary/aromatic N) is 2. The molecule has 1 aromatic heterocycles. The molecule has 0 unspecified atom stereocenters. The van der Waals surface area contributed by atoms with Gasteiger partial charge in [0.25, 0.3) is 10.0 Å². The Kier molecular flexibility index (Phi) is 3.85. The number of rotatable bonds is 2. The van der Waals surface area contributed by atoms with Crippen LogP contribution >= 0.6 is 27.7 Å². The summed E-state index contributed by atoms with van der Waals surface area (Å²) < 4.78 is 27.7. The van der Waals surface area contributed by atoms with E-state index in [0.717, 1.165) is 4.90 Å². The van der Waals surface area contributed by atoms with Gasteiger partial charge in [0.05, 0.1) is 5.69 Å². The number of benzene rings is 1. The van der Waals surface area contributed by atoms with E-state index >= 15 is 0 Å². The molecule has 2 N–H and O–H groups in total. The van der Waals surface area contributed by atoms with Crippen LogP contribution in [0.2, 0.25) is 0 Å². The first kappa shape index (κ1) is 14.7. The number of hydrogen-bond donors (Lipinski definition) is 1. The molecule has 1 aliphatic rings. The smallest absolute Gasteiger partial charge is 0.265 e. The number of nitrogens with two attached hydrogens (primary N) is 1. The third kappa shape index (κ3) is 2.75. The van der Waals surface area contributed by atoms with E-state index in [1.807, 2.05) is 6.07 Å². The standard InChI is InChI=1S/C13H12BrN3O2S2/c14-9-5-11(8-16-7-9)21(18,19)17-3-4-20-13-2-1-10(15)6-12(13)17/h1-2,5-8H,3-4,15H2.